The quantitative estimate of drug-likeness (QED) is 0.153. The number of esters is 1. The van der Waals surface area contributed by atoms with E-state index in [4.69, 9.17) is 4.74 Å². The van der Waals surface area contributed by atoms with Crippen LogP contribution in [0.25, 0.3) is 0 Å². The summed E-state index contributed by atoms with van der Waals surface area (Å²) in [7, 11) is 0. The van der Waals surface area contributed by atoms with Crippen LogP contribution in [0.2, 0.25) is 0 Å². The maximum absolute atomic E-state index is 11.8. The monoisotopic (exact) mass is 494 g/mol. The van der Waals surface area contributed by atoms with Crippen LogP contribution in [0.5, 0.6) is 0 Å². The van der Waals surface area contributed by atoms with E-state index >= 15 is 0 Å². The molecule has 0 spiro atoms. The van der Waals surface area contributed by atoms with Gasteiger partial charge in [-0.05, 0) is 44.2 Å². The predicted molar refractivity (Wildman–Crippen MR) is 149 cm³/mol. The molecule has 0 unspecified atom stereocenters. The normalized spacial score (nSPS) is 14.1. The molecule has 1 aromatic carbocycles. The molecule has 1 heterocycles. The van der Waals surface area contributed by atoms with Crippen molar-refractivity contribution >= 4 is 24.1 Å². The number of anilines is 1. The van der Waals surface area contributed by atoms with Crippen molar-refractivity contribution in [1.29, 1.82) is 0 Å². The van der Waals surface area contributed by atoms with Gasteiger partial charge in [-0.1, -0.05) is 90.4 Å². The average Bonchev–Trinajstić information content (AvgIpc) is 2.85. The van der Waals surface area contributed by atoms with Gasteiger partial charge in [-0.2, -0.15) is 0 Å². The highest BCUT2D eigenvalue weighted by molar-refractivity contribution is 5.89. The summed E-state index contributed by atoms with van der Waals surface area (Å²) in [4.78, 5) is 16.8. The summed E-state index contributed by atoms with van der Waals surface area (Å²) < 4.78 is 5.07. The highest BCUT2D eigenvalue weighted by atomic mass is 35.5. The second kappa shape index (κ2) is 20.0. The maximum atomic E-state index is 11.8. The summed E-state index contributed by atoms with van der Waals surface area (Å²) in [6.45, 7) is 10.2. The number of carbonyl (C=O) groups excluding carboxylic acids is 1. The van der Waals surface area contributed by atoms with E-state index in [1.165, 1.54) is 102 Å². The number of piperazine rings is 1. The van der Waals surface area contributed by atoms with E-state index in [9.17, 15) is 4.79 Å². The number of benzene rings is 1. The molecule has 1 aliphatic rings. The summed E-state index contributed by atoms with van der Waals surface area (Å²) in [6, 6.07) is 7.87. The first-order valence-electron chi connectivity index (χ1n) is 14.0. The first kappa shape index (κ1) is 30.8. The van der Waals surface area contributed by atoms with Gasteiger partial charge in [0.25, 0.3) is 0 Å². The number of nitrogens with zero attached hydrogens (tertiary/aromatic N) is 2. The number of hydrogen-bond acceptors (Lipinski definition) is 4. The van der Waals surface area contributed by atoms with Crippen LogP contribution in [0.3, 0.4) is 0 Å². The van der Waals surface area contributed by atoms with Gasteiger partial charge >= 0.3 is 5.97 Å². The smallest absolute Gasteiger partial charge is 0.338 e. The molecule has 0 saturated carbocycles. The van der Waals surface area contributed by atoms with Gasteiger partial charge in [0.2, 0.25) is 0 Å². The van der Waals surface area contributed by atoms with Gasteiger partial charge < -0.3 is 9.64 Å². The lowest BCUT2D eigenvalue weighted by Crippen LogP contribution is -2.46. The van der Waals surface area contributed by atoms with Gasteiger partial charge in [-0.3, -0.25) is 4.90 Å². The standard InChI is InChI=1S/C29H50N2O2.ClH/c1-3-5-6-7-8-9-10-11-12-13-14-15-16-17-22-30-23-25-31(26-24-30)28-20-18-27(19-21-28)29(32)33-4-2;/h18-21H,3-17,22-26H2,1-2H3;1H. The lowest BCUT2D eigenvalue weighted by molar-refractivity contribution is 0.0526. The van der Waals surface area contributed by atoms with Gasteiger partial charge in [-0.15, -0.1) is 12.4 Å². The molecule has 34 heavy (non-hydrogen) atoms. The fourth-order valence-corrected chi connectivity index (χ4v) is 4.78. The van der Waals surface area contributed by atoms with Crippen LogP contribution >= 0.6 is 12.4 Å². The molecule has 1 aliphatic heterocycles. The molecule has 1 aromatic rings. The van der Waals surface area contributed by atoms with Gasteiger partial charge in [0.1, 0.15) is 0 Å². The van der Waals surface area contributed by atoms with Crippen molar-refractivity contribution in [3.8, 4) is 0 Å². The van der Waals surface area contributed by atoms with Crippen LogP contribution in [-0.4, -0.2) is 50.2 Å². The van der Waals surface area contributed by atoms with Crippen molar-refractivity contribution in [2.75, 3.05) is 44.2 Å². The highest BCUT2D eigenvalue weighted by Crippen LogP contribution is 2.18. The number of hydrogen-bond donors (Lipinski definition) is 0. The fraction of sp³-hybridized carbons (Fsp3) is 0.759. The first-order valence-corrected chi connectivity index (χ1v) is 14.0. The Bertz CT molecular complexity index is 615. The van der Waals surface area contributed by atoms with Crippen molar-refractivity contribution < 1.29 is 9.53 Å². The third-order valence-electron chi connectivity index (χ3n) is 6.94. The van der Waals surface area contributed by atoms with Gasteiger partial charge in [0.05, 0.1) is 12.2 Å². The summed E-state index contributed by atoms with van der Waals surface area (Å²) in [5.74, 6) is -0.234. The van der Waals surface area contributed by atoms with Gasteiger partial charge in [0, 0.05) is 31.9 Å². The van der Waals surface area contributed by atoms with E-state index in [-0.39, 0.29) is 18.4 Å². The Labute approximate surface area is 216 Å². The SMILES string of the molecule is CCCCCCCCCCCCCCCCN1CCN(c2ccc(C(=O)OCC)cc2)CC1.Cl. The van der Waals surface area contributed by atoms with Crippen molar-refractivity contribution in [3.05, 3.63) is 29.8 Å². The molecule has 5 heteroatoms. The zero-order valence-electron chi connectivity index (χ0n) is 22.1. The molecule has 4 nitrogen and oxygen atoms in total. The topological polar surface area (TPSA) is 32.8 Å². The molecule has 0 atom stereocenters. The van der Waals surface area contributed by atoms with Gasteiger partial charge in [-0.25, -0.2) is 4.79 Å². The average molecular weight is 495 g/mol. The molecule has 0 radical (unpaired) electrons. The minimum absolute atomic E-state index is 0. The Hall–Kier alpha value is -1.26. The summed E-state index contributed by atoms with van der Waals surface area (Å²) in [5.41, 5.74) is 1.84. The van der Waals surface area contributed by atoms with E-state index in [1.807, 2.05) is 19.1 Å². The Morgan fingerprint density at radius 2 is 1.18 bits per heavy atom. The van der Waals surface area contributed by atoms with E-state index in [0.717, 1.165) is 26.2 Å². The van der Waals surface area contributed by atoms with Crippen molar-refractivity contribution in [2.45, 2.75) is 104 Å². The molecule has 1 fully saturated rings. The second-order valence-corrected chi connectivity index (χ2v) is 9.69. The number of rotatable bonds is 18. The molecule has 0 bridgehead atoms. The van der Waals surface area contributed by atoms with E-state index in [0.29, 0.717) is 12.2 Å². The van der Waals surface area contributed by atoms with Crippen LogP contribution in [-0.2, 0) is 4.74 Å². The number of unbranched alkanes of at least 4 members (excludes halogenated alkanes) is 13. The molecule has 2 rings (SSSR count). The summed E-state index contributed by atoms with van der Waals surface area (Å²) >= 11 is 0. The van der Waals surface area contributed by atoms with Gasteiger partial charge in [0.15, 0.2) is 0 Å². The minimum atomic E-state index is -0.234. The fourth-order valence-electron chi connectivity index (χ4n) is 4.78. The second-order valence-electron chi connectivity index (χ2n) is 9.69. The summed E-state index contributed by atoms with van der Waals surface area (Å²) in [5, 5.41) is 0. The Balaban J connectivity index is 0.00000578. The molecule has 196 valence electrons. The lowest BCUT2D eigenvalue weighted by atomic mass is 10.0. The van der Waals surface area contributed by atoms with Crippen molar-refractivity contribution in [1.82, 2.24) is 4.90 Å². The van der Waals surface area contributed by atoms with Crippen LogP contribution in [0.1, 0.15) is 114 Å². The van der Waals surface area contributed by atoms with Crippen LogP contribution in [0, 0.1) is 0 Å². The Morgan fingerprint density at radius 1 is 0.706 bits per heavy atom. The highest BCUT2D eigenvalue weighted by Gasteiger charge is 2.17. The third-order valence-corrected chi connectivity index (χ3v) is 6.94. The van der Waals surface area contributed by atoms with E-state index < -0.39 is 0 Å². The molecule has 0 aliphatic carbocycles. The first-order chi connectivity index (χ1) is 16.2. The molecule has 0 aromatic heterocycles. The largest absolute Gasteiger partial charge is 0.462 e. The molecular formula is C29H51ClN2O2. The number of halogens is 1. The van der Waals surface area contributed by atoms with Crippen LogP contribution in [0.4, 0.5) is 5.69 Å². The van der Waals surface area contributed by atoms with Crippen LogP contribution in [0.15, 0.2) is 24.3 Å². The molecule has 0 N–H and O–H groups in total. The lowest BCUT2D eigenvalue weighted by Gasteiger charge is -2.36. The van der Waals surface area contributed by atoms with Crippen molar-refractivity contribution in [3.63, 3.8) is 0 Å². The molecular weight excluding hydrogens is 444 g/mol. The molecule has 0 amide bonds. The molecule has 1 saturated heterocycles. The zero-order valence-corrected chi connectivity index (χ0v) is 22.9. The third kappa shape index (κ3) is 13.0. The van der Waals surface area contributed by atoms with E-state index in [2.05, 4.69) is 28.9 Å². The minimum Gasteiger partial charge on any atom is -0.462 e. The zero-order chi connectivity index (χ0) is 23.6. The summed E-state index contributed by atoms with van der Waals surface area (Å²) in [6.07, 6.45) is 19.9. The van der Waals surface area contributed by atoms with E-state index in [1.54, 1.807) is 0 Å². The Kier molecular flexibility index (Phi) is 18.1. The number of carbonyl (C=O) groups is 1. The predicted octanol–water partition coefficient (Wildman–Crippen LogP) is 7.89. The Morgan fingerprint density at radius 3 is 1.65 bits per heavy atom. The number of ether oxygens (including phenoxy) is 1. The maximum Gasteiger partial charge on any atom is 0.338 e. The van der Waals surface area contributed by atoms with Crippen molar-refractivity contribution in [2.24, 2.45) is 0 Å². The van der Waals surface area contributed by atoms with Crippen LogP contribution < -0.4 is 4.90 Å².